The standard InChI is InChI=1S/2C35H24O2.4C9H8/c2*36-35-33(26-15-7-2-8-16-26)31(25-13-5-1-6-14-25)32(34(35)27-17-9-3-10-18-27)28-21-23-30(24-22-28)37-29-19-11-4-12-20-29;4*1-2-6-9-7-4-3-5-8-9/h2*1-24H;4*3-5,7-8H,1H3. The Morgan fingerprint density at radius 2 is 0.309 bits per heavy atom. The molecule has 0 atom stereocenters. The Hall–Kier alpha value is -14.8. The van der Waals surface area contributed by atoms with Crippen molar-refractivity contribution in [2.75, 3.05) is 0 Å². The first kappa shape index (κ1) is 76.4. The quantitative estimate of drug-likeness (QED) is 0.114. The molecule has 0 amide bonds. The lowest BCUT2D eigenvalue weighted by atomic mass is 9.89. The van der Waals surface area contributed by atoms with E-state index in [1.807, 2.05) is 416 Å². The minimum Gasteiger partial charge on any atom is -0.457 e. The molecule has 14 aromatic rings. The minimum absolute atomic E-state index is 0.0378. The predicted molar refractivity (Wildman–Crippen MR) is 458 cm³/mol. The van der Waals surface area contributed by atoms with E-state index in [4.69, 9.17) is 9.47 Å². The Morgan fingerprint density at radius 1 is 0.164 bits per heavy atom. The predicted octanol–water partition coefficient (Wildman–Crippen LogP) is 25.4. The summed E-state index contributed by atoms with van der Waals surface area (Å²) in [5, 5.41) is 0. The van der Waals surface area contributed by atoms with Gasteiger partial charge in [0.25, 0.3) is 0 Å². The summed E-state index contributed by atoms with van der Waals surface area (Å²) in [4.78, 5) is 28.5. The average molecular weight is 1420 g/mol. The molecular formula is C106H80O4. The number of allylic oxidation sites excluding steroid dienone is 8. The monoisotopic (exact) mass is 1420 g/mol. The van der Waals surface area contributed by atoms with Crippen molar-refractivity contribution in [1.29, 1.82) is 0 Å². The van der Waals surface area contributed by atoms with E-state index < -0.39 is 0 Å². The van der Waals surface area contributed by atoms with Crippen molar-refractivity contribution in [3.63, 3.8) is 0 Å². The number of para-hydroxylation sites is 2. The Labute approximate surface area is 648 Å². The van der Waals surface area contributed by atoms with E-state index in [9.17, 15) is 9.59 Å². The maximum atomic E-state index is 14.2. The second-order valence-electron chi connectivity index (χ2n) is 24.7. The summed E-state index contributed by atoms with van der Waals surface area (Å²) in [6.07, 6.45) is 0. The van der Waals surface area contributed by atoms with Gasteiger partial charge in [-0.25, -0.2) is 0 Å². The van der Waals surface area contributed by atoms with Crippen LogP contribution in [0.5, 0.6) is 23.0 Å². The maximum absolute atomic E-state index is 14.2. The number of Topliss-reactive ketones (excluding diaryl/α,β-unsaturated/α-hetero) is 2. The molecule has 0 N–H and O–H groups in total. The normalized spacial score (nSPS) is 11.4. The zero-order valence-corrected chi connectivity index (χ0v) is 61.9. The molecule has 2 aliphatic carbocycles. The van der Waals surface area contributed by atoms with E-state index in [0.29, 0.717) is 0 Å². The van der Waals surface area contributed by atoms with Crippen LogP contribution in [0.1, 0.15) is 94.5 Å². The zero-order chi connectivity index (χ0) is 76.2. The molecule has 0 saturated carbocycles. The van der Waals surface area contributed by atoms with Crippen LogP contribution in [-0.2, 0) is 9.59 Å². The van der Waals surface area contributed by atoms with E-state index in [1.165, 1.54) is 0 Å². The summed E-state index contributed by atoms with van der Waals surface area (Å²) in [7, 11) is 0. The van der Waals surface area contributed by atoms with Crippen molar-refractivity contribution in [3.8, 4) is 70.4 Å². The number of carbonyl (C=O) groups is 2. The SMILES string of the molecule is CC#Cc1ccccc1.CC#Cc1ccccc1.CC#Cc1ccccc1.CC#Cc1ccccc1.O=C1C(c2ccccc2)=C(c2ccccc2)C(c2ccc(Oc3ccccc3)cc2)=C1c1ccccc1.O=C1C(c2ccccc2)=C(c2ccccc2)C(c2ccc(Oc3ccccc3)cc2)=C1c1ccccc1. The number of benzene rings is 14. The van der Waals surface area contributed by atoms with Crippen LogP contribution in [0.2, 0.25) is 0 Å². The van der Waals surface area contributed by atoms with Gasteiger partial charge in [-0.05, 0) is 169 Å². The van der Waals surface area contributed by atoms with Crippen LogP contribution in [-0.4, -0.2) is 11.6 Å². The van der Waals surface area contributed by atoms with Crippen molar-refractivity contribution in [1.82, 2.24) is 0 Å². The first-order valence-electron chi connectivity index (χ1n) is 36.3. The highest BCUT2D eigenvalue weighted by atomic mass is 16.5. The van der Waals surface area contributed by atoms with E-state index in [0.717, 1.165) is 134 Å². The van der Waals surface area contributed by atoms with Crippen molar-refractivity contribution in [3.05, 3.63) is 479 Å². The molecule has 4 nitrogen and oxygen atoms in total. The lowest BCUT2D eigenvalue weighted by Gasteiger charge is -2.14. The molecule has 0 saturated heterocycles. The van der Waals surface area contributed by atoms with Crippen LogP contribution < -0.4 is 9.47 Å². The molecule has 528 valence electrons. The van der Waals surface area contributed by atoms with Gasteiger partial charge in [-0.2, -0.15) is 0 Å². The molecule has 0 aromatic heterocycles. The van der Waals surface area contributed by atoms with Gasteiger partial charge >= 0.3 is 0 Å². The summed E-state index contributed by atoms with van der Waals surface area (Å²) in [5.74, 6) is 26.3. The fraction of sp³-hybridized carbons (Fsp3) is 0.0377. The smallest absolute Gasteiger partial charge is 0.195 e. The minimum atomic E-state index is 0.0378. The van der Waals surface area contributed by atoms with Gasteiger partial charge in [-0.15, -0.1) is 23.7 Å². The molecule has 0 aliphatic heterocycles. The fourth-order valence-electron chi connectivity index (χ4n) is 12.4. The summed E-state index contributed by atoms with van der Waals surface area (Å²) in [5.41, 5.74) is 18.6. The molecule has 16 rings (SSSR count). The highest BCUT2D eigenvalue weighted by Gasteiger charge is 2.37. The molecule has 0 radical (unpaired) electrons. The molecule has 0 spiro atoms. The van der Waals surface area contributed by atoms with Crippen molar-refractivity contribution in [2.24, 2.45) is 0 Å². The Kier molecular flexibility index (Phi) is 28.5. The molecule has 4 heteroatoms. The largest absolute Gasteiger partial charge is 0.457 e. The van der Waals surface area contributed by atoms with E-state index >= 15 is 0 Å². The number of rotatable bonds is 12. The second kappa shape index (κ2) is 41.1. The fourth-order valence-corrected chi connectivity index (χ4v) is 12.4. The first-order chi connectivity index (χ1) is 54.3. The number of ketones is 2. The molecule has 110 heavy (non-hydrogen) atoms. The van der Waals surface area contributed by atoms with Gasteiger partial charge in [0.1, 0.15) is 23.0 Å². The maximum Gasteiger partial charge on any atom is 0.195 e. The first-order valence-corrected chi connectivity index (χ1v) is 36.3. The van der Waals surface area contributed by atoms with Gasteiger partial charge in [0.15, 0.2) is 11.6 Å². The Morgan fingerprint density at radius 3 is 0.491 bits per heavy atom. The van der Waals surface area contributed by atoms with Crippen molar-refractivity contribution >= 4 is 56.2 Å². The summed E-state index contributed by atoms with van der Waals surface area (Å²) >= 11 is 0. The molecule has 2 aliphatic rings. The van der Waals surface area contributed by atoms with Gasteiger partial charge in [-0.1, -0.05) is 339 Å². The number of carbonyl (C=O) groups excluding carboxylic acids is 2. The molecule has 0 heterocycles. The zero-order valence-electron chi connectivity index (χ0n) is 61.9. The van der Waals surface area contributed by atoms with Gasteiger partial charge in [0.2, 0.25) is 0 Å². The Bertz CT molecular complexity index is 5210. The second-order valence-corrected chi connectivity index (χ2v) is 24.7. The van der Waals surface area contributed by atoms with Gasteiger partial charge < -0.3 is 9.47 Å². The number of hydrogen-bond donors (Lipinski definition) is 0. The van der Waals surface area contributed by atoms with Crippen LogP contribution >= 0.6 is 0 Å². The summed E-state index contributed by atoms with van der Waals surface area (Å²) in [6.45, 7) is 7.36. The Balaban J connectivity index is 0.000000151. The van der Waals surface area contributed by atoms with Crippen LogP contribution in [0.4, 0.5) is 0 Å². The summed E-state index contributed by atoms with van der Waals surface area (Å²) in [6, 6.07) is 136. The van der Waals surface area contributed by atoms with Gasteiger partial charge in [0, 0.05) is 66.8 Å². The number of ether oxygens (including phenoxy) is 2. The van der Waals surface area contributed by atoms with Gasteiger partial charge in [0.05, 0.1) is 0 Å². The van der Waals surface area contributed by atoms with Crippen LogP contribution in [0.15, 0.2) is 413 Å². The van der Waals surface area contributed by atoms with Crippen molar-refractivity contribution < 1.29 is 19.1 Å². The van der Waals surface area contributed by atoms with Crippen LogP contribution in [0, 0.1) is 47.4 Å². The molecule has 14 aromatic carbocycles. The lowest BCUT2D eigenvalue weighted by Crippen LogP contribution is -2.01. The topological polar surface area (TPSA) is 52.6 Å². The number of hydrogen-bond acceptors (Lipinski definition) is 4. The highest BCUT2D eigenvalue weighted by molar-refractivity contribution is 6.60. The molecular weight excluding hydrogens is 1340 g/mol. The molecule has 0 bridgehead atoms. The third-order valence-electron chi connectivity index (χ3n) is 17.2. The van der Waals surface area contributed by atoms with Crippen LogP contribution in [0.25, 0.3) is 44.6 Å². The average Bonchev–Trinajstić information content (AvgIpc) is 1.59. The van der Waals surface area contributed by atoms with Crippen LogP contribution in [0.3, 0.4) is 0 Å². The van der Waals surface area contributed by atoms with E-state index in [-0.39, 0.29) is 11.6 Å². The van der Waals surface area contributed by atoms with E-state index in [1.54, 1.807) is 0 Å². The van der Waals surface area contributed by atoms with Crippen molar-refractivity contribution in [2.45, 2.75) is 27.7 Å². The molecule has 0 unspecified atom stereocenters. The van der Waals surface area contributed by atoms with Gasteiger partial charge in [-0.3, -0.25) is 9.59 Å². The highest BCUT2D eigenvalue weighted by Crippen LogP contribution is 2.52. The third kappa shape index (κ3) is 21.2. The summed E-state index contributed by atoms with van der Waals surface area (Å²) < 4.78 is 12.1. The third-order valence-corrected chi connectivity index (χ3v) is 17.2. The lowest BCUT2D eigenvalue weighted by molar-refractivity contribution is -0.109. The molecule has 0 fully saturated rings. The van der Waals surface area contributed by atoms with E-state index in [2.05, 4.69) is 71.6 Å².